The third-order valence-corrected chi connectivity index (χ3v) is 5.48. The molecule has 1 saturated carbocycles. The van der Waals surface area contributed by atoms with Gasteiger partial charge in [-0.05, 0) is 49.4 Å². The van der Waals surface area contributed by atoms with Crippen molar-refractivity contribution in [3.05, 3.63) is 28.7 Å². The van der Waals surface area contributed by atoms with E-state index in [0.29, 0.717) is 17.9 Å². The van der Waals surface area contributed by atoms with Gasteiger partial charge in [-0.15, -0.1) is 0 Å². The van der Waals surface area contributed by atoms with Gasteiger partial charge < -0.3 is 16.0 Å². The normalized spacial score (nSPS) is 23.3. The Kier molecular flexibility index (Phi) is 5.81. The van der Waals surface area contributed by atoms with E-state index >= 15 is 0 Å². The zero-order valence-corrected chi connectivity index (χ0v) is 15.3. The molecule has 126 valence electrons. The molecule has 4 nitrogen and oxygen atoms in total. The molecule has 0 amide bonds. The molecule has 1 atom stereocenters. The Hall–Kier alpha value is -1.23. The topological polar surface area (TPSA) is 53.6 Å². The van der Waals surface area contributed by atoms with Crippen molar-refractivity contribution in [2.45, 2.75) is 44.6 Å². The summed E-state index contributed by atoms with van der Waals surface area (Å²) in [5.74, 6) is 1.24. The van der Waals surface area contributed by atoms with Crippen molar-refractivity contribution in [1.82, 2.24) is 5.32 Å². The molecule has 5 heteroatoms. The first-order chi connectivity index (χ1) is 11.2. The van der Waals surface area contributed by atoms with Crippen LogP contribution in [0.4, 0.5) is 5.69 Å². The number of hydrogen-bond donors (Lipinski definition) is 2. The number of hydrogen-bond acceptors (Lipinski definition) is 2. The van der Waals surface area contributed by atoms with Crippen molar-refractivity contribution in [1.29, 1.82) is 0 Å². The van der Waals surface area contributed by atoms with E-state index in [4.69, 9.17) is 5.73 Å². The molecule has 3 rings (SSSR count). The second-order valence-electron chi connectivity index (χ2n) is 6.78. The van der Waals surface area contributed by atoms with Gasteiger partial charge in [0.1, 0.15) is 0 Å². The minimum Gasteiger partial charge on any atom is -0.371 e. The standard InChI is InChI=1S/C18H27BrN4/c19-15-6-8-17(9-7-15)23-11-10-14(13-23)12-21-18(20)22-16-4-2-1-3-5-16/h6-9,14,16H,1-5,10-13H2,(H3,20,21,22). The molecule has 2 aliphatic rings. The number of halogens is 1. The van der Waals surface area contributed by atoms with Crippen molar-refractivity contribution >= 4 is 27.6 Å². The summed E-state index contributed by atoms with van der Waals surface area (Å²) >= 11 is 3.49. The molecule has 0 bridgehead atoms. The van der Waals surface area contributed by atoms with E-state index in [9.17, 15) is 0 Å². The Morgan fingerprint density at radius 3 is 2.65 bits per heavy atom. The van der Waals surface area contributed by atoms with Crippen LogP contribution < -0.4 is 16.0 Å². The summed E-state index contributed by atoms with van der Waals surface area (Å²) in [5, 5.41) is 3.40. The van der Waals surface area contributed by atoms with Gasteiger partial charge in [0.15, 0.2) is 5.96 Å². The summed E-state index contributed by atoms with van der Waals surface area (Å²) in [7, 11) is 0. The number of nitrogens with one attached hydrogen (secondary N) is 1. The van der Waals surface area contributed by atoms with Crippen LogP contribution in [-0.4, -0.2) is 31.6 Å². The lowest BCUT2D eigenvalue weighted by Crippen LogP contribution is -2.41. The molecular weight excluding hydrogens is 352 g/mol. The van der Waals surface area contributed by atoms with Gasteiger partial charge in [-0.3, -0.25) is 4.99 Å². The number of nitrogens with two attached hydrogens (primary N) is 1. The molecule has 0 spiro atoms. The molecule has 1 aliphatic carbocycles. The maximum absolute atomic E-state index is 6.07. The van der Waals surface area contributed by atoms with Crippen molar-refractivity contribution in [3.63, 3.8) is 0 Å². The highest BCUT2D eigenvalue weighted by Gasteiger charge is 2.22. The number of aliphatic imine (C=N–C) groups is 1. The Balaban J connectivity index is 1.45. The molecule has 1 aromatic carbocycles. The molecule has 2 fully saturated rings. The molecule has 1 heterocycles. The number of anilines is 1. The highest BCUT2D eigenvalue weighted by Crippen LogP contribution is 2.25. The second kappa shape index (κ2) is 8.04. The van der Waals surface area contributed by atoms with Crippen LogP contribution in [0.3, 0.4) is 0 Å². The Labute approximate surface area is 147 Å². The van der Waals surface area contributed by atoms with Crippen LogP contribution in [0.25, 0.3) is 0 Å². The van der Waals surface area contributed by atoms with E-state index in [1.807, 2.05) is 0 Å². The highest BCUT2D eigenvalue weighted by molar-refractivity contribution is 9.10. The lowest BCUT2D eigenvalue weighted by Gasteiger charge is -2.23. The maximum Gasteiger partial charge on any atom is 0.188 e. The fourth-order valence-electron chi connectivity index (χ4n) is 3.60. The van der Waals surface area contributed by atoms with Crippen molar-refractivity contribution < 1.29 is 0 Å². The minimum atomic E-state index is 0.537. The van der Waals surface area contributed by atoms with Gasteiger partial charge in [0.05, 0.1) is 0 Å². The first kappa shape index (κ1) is 16.6. The average Bonchev–Trinajstić information content (AvgIpc) is 3.04. The molecule has 1 unspecified atom stereocenters. The first-order valence-corrected chi connectivity index (χ1v) is 9.57. The van der Waals surface area contributed by atoms with E-state index < -0.39 is 0 Å². The second-order valence-corrected chi connectivity index (χ2v) is 7.70. The zero-order valence-electron chi connectivity index (χ0n) is 13.7. The van der Waals surface area contributed by atoms with E-state index in [1.165, 1.54) is 44.2 Å². The summed E-state index contributed by atoms with van der Waals surface area (Å²) in [5.41, 5.74) is 7.36. The summed E-state index contributed by atoms with van der Waals surface area (Å²) in [4.78, 5) is 7.03. The maximum atomic E-state index is 6.07. The number of benzene rings is 1. The van der Waals surface area contributed by atoms with Crippen molar-refractivity contribution in [2.75, 3.05) is 24.5 Å². The molecule has 0 aromatic heterocycles. The molecule has 0 radical (unpaired) electrons. The van der Waals surface area contributed by atoms with Crippen LogP contribution in [0, 0.1) is 5.92 Å². The number of guanidine groups is 1. The summed E-state index contributed by atoms with van der Waals surface area (Å²) in [6.07, 6.45) is 7.65. The summed E-state index contributed by atoms with van der Waals surface area (Å²) in [6, 6.07) is 9.10. The lowest BCUT2D eigenvalue weighted by atomic mass is 9.96. The molecule has 1 aromatic rings. The van der Waals surface area contributed by atoms with Crippen LogP contribution in [0.5, 0.6) is 0 Å². The summed E-state index contributed by atoms with van der Waals surface area (Å²) in [6.45, 7) is 3.01. The predicted octanol–water partition coefficient (Wildman–Crippen LogP) is 3.51. The van der Waals surface area contributed by atoms with Crippen LogP contribution in [0.2, 0.25) is 0 Å². The minimum absolute atomic E-state index is 0.537. The Morgan fingerprint density at radius 1 is 1.17 bits per heavy atom. The monoisotopic (exact) mass is 378 g/mol. The van der Waals surface area contributed by atoms with Gasteiger partial charge >= 0.3 is 0 Å². The smallest absolute Gasteiger partial charge is 0.188 e. The van der Waals surface area contributed by atoms with Crippen LogP contribution >= 0.6 is 15.9 Å². The molecule has 1 saturated heterocycles. The lowest BCUT2D eigenvalue weighted by molar-refractivity contribution is 0.412. The number of nitrogens with zero attached hydrogens (tertiary/aromatic N) is 2. The molecule has 23 heavy (non-hydrogen) atoms. The van der Waals surface area contributed by atoms with Gasteiger partial charge in [0.2, 0.25) is 0 Å². The van der Waals surface area contributed by atoms with E-state index in [2.05, 4.69) is 55.4 Å². The fourth-order valence-corrected chi connectivity index (χ4v) is 3.86. The Bertz CT molecular complexity index is 522. The van der Waals surface area contributed by atoms with Crippen LogP contribution in [0.15, 0.2) is 33.7 Å². The quantitative estimate of drug-likeness (QED) is 0.622. The molecular formula is C18H27BrN4. The SMILES string of the molecule is NC(=NCC1CCN(c2ccc(Br)cc2)C1)NC1CCCCC1. The van der Waals surface area contributed by atoms with Gasteiger partial charge in [-0.1, -0.05) is 35.2 Å². The number of rotatable bonds is 4. The van der Waals surface area contributed by atoms with Gasteiger partial charge in [0.25, 0.3) is 0 Å². The third-order valence-electron chi connectivity index (χ3n) is 4.95. The molecule has 1 aliphatic heterocycles. The average molecular weight is 379 g/mol. The largest absolute Gasteiger partial charge is 0.371 e. The van der Waals surface area contributed by atoms with Crippen molar-refractivity contribution in [2.24, 2.45) is 16.6 Å². The Morgan fingerprint density at radius 2 is 1.91 bits per heavy atom. The van der Waals surface area contributed by atoms with E-state index in [0.717, 1.165) is 24.1 Å². The zero-order chi connectivity index (χ0) is 16.1. The van der Waals surface area contributed by atoms with Crippen molar-refractivity contribution in [3.8, 4) is 0 Å². The van der Waals surface area contributed by atoms with Gasteiger partial charge in [0, 0.05) is 35.8 Å². The first-order valence-electron chi connectivity index (χ1n) is 8.77. The third kappa shape index (κ3) is 4.87. The highest BCUT2D eigenvalue weighted by atomic mass is 79.9. The molecule has 3 N–H and O–H groups in total. The predicted molar refractivity (Wildman–Crippen MR) is 101 cm³/mol. The van der Waals surface area contributed by atoms with Crippen LogP contribution in [0.1, 0.15) is 38.5 Å². The van der Waals surface area contributed by atoms with Gasteiger partial charge in [-0.2, -0.15) is 0 Å². The fraction of sp³-hybridized carbons (Fsp3) is 0.611. The van der Waals surface area contributed by atoms with Crippen LogP contribution in [-0.2, 0) is 0 Å². The van der Waals surface area contributed by atoms with E-state index in [1.54, 1.807) is 0 Å². The van der Waals surface area contributed by atoms with Gasteiger partial charge in [-0.25, -0.2) is 0 Å². The van der Waals surface area contributed by atoms with E-state index in [-0.39, 0.29) is 0 Å². The summed E-state index contributed by atoms with van der Waals surface area (Å²) < 4.78 is 1.13.